The highest BCUT2D eigenvalue weighted by Gasteiger charge is 2.25. The van der Waals surface area contributed by atoms with Gasteiger partial charge < -0.3 is 5.32 Å². The summed E-state index contributed by atoms with van der Waals surface area (Å²) in [6.45, 7) is 7.98. The number of hydrogen-bond acceptors (Lipinski definition) is 2. The first-order chi connectivity index (χ1) is 8.70. The van der Waals surface area contributed by atoms with Crippen molar-refractivity contribution in [3.8, 4) is 0 Å². The molecule has 1 aromatic rings. The molecule has 0 aromatic heterocycles. The Morgan fingerprint density at radius 1 is 1.39 bits per heavy atom. The van der Waals surface area contributed by atoms with Gasteiger partial charge in [-0.15, -0.1) is 0 Å². The second kappa shape index (κ2) is 6.55. The number of likely N-dealkylation sites (tertiary alicyclic amines) is 1. The molecular formula is C15H23ClN2. The van der Waals surface area contributed by atoms with Gasteiger partial charge >= 0.3 is 0 Å². The average Bonchev–Trinajstić information content (AvgIpc) is 2.85. The molecule has 18 heavy (non-hydrogen) atoms. The van der Waals surface area contributed by atoms with Gasteiger partial charge in [-0.25, -0.2) is 0 Å². The quantitative estimate of drug-likeness (QED) is 0.878. The summed E-state index contributed by atoms with van der Waals surface area (Å²) in [7, 11) is 0. The third kappa shape index (κ3) is 3.47. The minimum atomic E-state index is 0.482. The Bertz CT molecular complexity index is 363. The number of nitrogens with zero attached hydrogens (tertiary/aromatic N) is 1. The number of benzene rings is 1. The zero-order valence-corrected chi connectivity index (χ0v) is 12.1. The molecule has 0 aliphatic carbocycles. The van der Waals surface area contributed by atoms with Crippen LogP contribution in [0.25, 0.3) is 0 Å². The van der Waals surface area contributed by atoms with E-state index in [2.05, 4.69) is 36.2 Å². The van der Waals surface area contributed by atoms with Crippen molar-refractivity contribution in [1.29, 1.82) is 0 Å². The predicted octanol–water partition coefficient (Wildman–Crippen LogP) is 3.47. The number of hydrogen-bond donors (Lipinski definition) is 1. The Labute approximate surface area is 115 Å². The maximum atomic E-state index is 5.93. The lowest BCUT2D eigenvalue weighted by molar-refractivity contribution is 0.256. The first-order valence-electron chi connectivity index (χ1n) is 6.93. The highest BCUT2D eigenvalue weighted by Crippen LogP contribution is 2.25. The number of halogens is 1. The second-order valence-electron chi connectivity index (χ2n) is 5.16. The highest BCUT2D eigenvalue weighted by molar-refractivity contribution is 6.30. The Hall–Kier alpha value is -0.570. The van der Waals surface area contributed by atoms with E-state index in [4.69, 9.17) is 11.6 Å². The largest absolute Gasteiger partial charge is 0.313 e. The molecule has 0 saturated carbocycles. The lowest BCUT2D eigenvalue weighted by Gasteiger charge is -2.25. The smallest absolute Gasteiger partial charge is 0.0406 e. The second-order valence-corrected chi connectivity index (χ2v) is 5.60. The van der Waals surface area contributed by atoms with Gasteiger partial charge in [-0.3, -0.25) is 4.90 Å². The van der Waals surface area contributed by atoms with Crippen molar-refractivity contribution in [2.45, 2.75) is 38.8 Å². The fourth-order valence-electron chi connectivity index (χ4n) is 2.61. The SMILES string of the molecule is CCCNC1CCN(C(C)c2ccc(Cl)cc2)C1. The van der Waals surface area contributed by atoms with E-state index in [9.17, 15) is 0 Å². The third-order valence-corrected chi connectivity index (χ3v) is 4.05. The van der Waals surface area contributed by atoms with E-state index in [1.54, 1.807) is 0 Å². The van der Waals surface area contributed by atoms with Gasteiger partial charge in [0, 0.05) is 30.2 Å². The molecule has 1 heterocycles. The first-order valence-corrected chi connectivity index (χ1v) is 7.31. The van der Waals surface area contributed by atoms with Crippen LogP contribution in [0.4, 0.5) is 0 Å². The highest BCUT2D eigenvalue weighted by atomic mass is 35.5. The Kier molecular flexibility index (Phi) is 5.04. The Balaban J connectivity index is 1.90. The summed E-state index contributed by atoms with van der Waals surface area (Å²) in [5.41, 5.74) is 1.36. The van der Waals surface area contributed by atoms with E-state index in [1.165, 1.54) is 24.9 Å². The topological polar surface area (TPSA) is 15.3 Å². The van der Waals surface area contributed by atoms with Crippen LogP contribution in [-0.2, 0) is 0 Å². The fraction of sp³-hybridized carbons (Fsp3) is 0.600. The van der Waals surface area contributed by atoms with Crippen LogP contribution in [0.2, 0.25) is 5.02 Å². The Morgan fingerprint density at radius 3 is 2.78 bits per heavy atom. The molecule has 0 bridgehead atoms. The summed E-state index contributed by atoms with van der Waals surface area (Å²) in [5, 5.41) is 4.43. The molecule has 1 aliphatic heterocycles. The van der Waals surface area contributed by atoms with Gasteiger partial charge in [0.05, 0.1) is 0 Å². The molecule has 1 N–H and O–H groups in total. The van der Waals surface area contributed by atoms with Gasteiger partial charge in [0.25, 0.3) is 0 Å². The Morgan fingerprint density at radius 2 is 2.11 bits per heavy atom. The molecule has 100 valence electrons. The van der Waals surface area contributed by atoms with E-state index in [0.29, 0.717) is 12.1 Å². The van der Waals surface area contributed by atoms with E-state index < -0.39 is 0 Å². The molecule has 1 fully saturated rings. The number of rotatable bonds is 5. The standard InChI is InChI=1S/C15H23ClN2/c1-3-9-17-15-8-10-18(11-15)12(2)13-4-6-14(16)7-5-13/h4-7,12,15,17H,3,8-11H2,1-2H3. The lowest BCUT2D eigenvalue weighted by Crippen LogP contribution is -2.33. The van der Waals surface area contributed by atoms with Crippen LogP contribution < -0.4 is 5.32 Å². The van der Waals surface area contributed by atoms with Gasteiger partial charge in [0.15, 0.2) is 0 Å². The molecular weight excluding hydrogens is 244 g/mol. The summed E-state index contributed by atoms with van der Waals surface area (Å²) < 4.78 is 0. The maximum Gasteiger partial charge on any atom is 0.0406 e. The molecule has 0 radical (unpaired) electrons. The fourth-order valence-corrected chi connectivity index (χ4v) is 2.73. The molecule has 1 aliphatic rings. The van der Waals surface area contributed by atoms with Crippen molar-refractivity contribution in [1.82, 2.24) is 10.2 Å². The molecule has 2 nitrogen and oxygen atoms in total. The normalized spacial score (nSPS) is 22.3. The van der Waals surface area contributed by atoms with Crippen molar-refractivity contribution in [2.24, 2.45) is 0 Å². The minimum Gasteiger partial charge on any atom is -0.313 e. The summed E-state index contributed by atoms with van der Waals surface area (Å²) in [5.74, 6) is 0. The van der Waals surface area contributed by atoms with Gasteiger partial charge in [0.2, 0.25) is 0 Å². The van der Waals surface area contributed by atoms with Crippen LogP contribution >= 0.6 is 11.6 Å². The van der Waals surface area contributed by atoms with Crippen LogP contribution in [0.15, 0.2) is 24.3 Å². The third-order valence-electron chi connectivity index (χ3n) is 3.80. The van der Waals surface area contributed by atoms with Crippen molar-refractivity contribution in [3.63, 3.8) is 0 Å². The first kappa shape index (κ1) is 13.9. The summed E-state index contributed by atoms with van der Waals surface area (Å²) in [6.07, 6.45) is 2.47. The monoisotopic (exact) mass is 266 g/mol. The van der Waals surface area contributed by atoms with Gasteiger partial charge in [-0.1, -0.05) is 30.7 Å². The summed E-state index contributed by atoms with van der Waals surface area (Å²) >= 11 is 5.93. The lowest BCUT2D eigenvalue weighted by atomic mass is 10.1. The molecule has 0 spiro atoms. The zero-order chi connectivity index (χ0) is 13.0. The van der Waals surface area contributed by atoms with Crippen LogP contribution in [0, 0.1) is 0 Å². The van der Waals surface area contributed by atoms with Crippen LogP contribution in [-0.4, -0.2) is 30.6 Å². The predicted molar refractivity (Wildman–Crippen MR) is 78.1 cm³/mol. The molecule has 1 saturated heterocycles. The minimum absolute atomic E-state index is 0.482. The summed E-state index contributed by atoms with van der Waals surface area (Å²) in [6, 6.07) is 9.39. The maximum absolute atomic E-state index is 5.93. The van der Waals surface area contributed by atoms with E-state index >= 15 is 0 Å². The number of nitrogens with one attached hydrogen (secondary N) is 1. The molecule has 2 atom stereocenters. The molecule has 1 aromatic carbocycles. The van der Waals surface area contributed by atoms with Gasteiger partial charge in [-0.05, 0) is 44.0 Å². The van der Waals surface area contributed by atoms with E-state index in [-0.39, 0.29) is 0 Å². The van der Waals surface area contributed by atoms with Gasteiger partial charge in [0.1, 0.15) is 0 Å². The van der Waals surface area contributed by atoms with Crippen molar-refractivity contribution < 1.29 is 0 Å². The molecule has 2 unspecified atom stereocenters. The van der Waals surface area contributed by atoms with E-state index in [1.807, 2.05) is 12.1 Å². The van der Waals surface area contributed by atoms with E-state index in [0.717, 1.165) is 18.1 Å². The van der Waals surface area contributed by atoms with Gasteiger partial charge in [-0.2, -0.15) is 0 Å². The summed E-state index contributed by atoms with van der Waals surface area (Å²) in [4.78, 5) is 2.55. The van der Waals surface area contributed by atoms with Crippen molar-refractivity contribution in [2.75, 3.05) is 19.6 Å². The zero-order valence-electron chi connectivity index (χ0n) is 11.3. The van der Waals surface area contributed by atoms with Crippen LogP contribution in [0.1, 0.15) is 38.3 Å². The van der Waals surface area contributed by atoms with Crippen LogP contribution in [0.3, 0.4) is 0 Å². The van der Waals surface area contributed by atoms with Crippen molar-refractivity contribution >= 4 is 11.6 Å². The molecule has 0 amide bonds. The van der Waals surface area contributed by atoms with Crippen LogP contribution in [0.5, 0.6) is 0 Å². The molecule has 2 rings (SSSR count). The average molecular weight is 267 g/mol. The van der Waals surface area contributed by atoms with Crippen molar-refractivity contribution in [3.05, 3.63) is 34.9 Å². The molecule has 3 heteroatoms.